The summed E-state index contributed by atoms with van der Waals surface area (Å²) >= 11 is 1.67. The third kappa shape index (κ3) is 2.15. The smallest absolute Gasteiger partial charge is 0.212 e. The van der Waals surface area contributed by atoms with Crippen molar-refractivity contribution in [3.8, 4) is 11.2 Å². The topological polar surface area (TPSA) is 76.6 Å². The number of nitrogens with zero attached hydrogens (tertiary/aromatic N) is 5. The van der Waals surface area contributed by atoms with E-state index in [2.05, 4.69) is 16.4 Å². The Balaban J connectivity index is 1.79. The molecule has 1 unspecified atom stereocenters. The number of aromatic nitrogens is 4. The van der Waals surface area contributed by atoms with Crippen LogP contribution in [-0.2, 0) is 17.6 Å². The summed E-state index contributed by atoms with van der Waals surface area (Å²) < 4.78 is 7.45. The average Bonchev–Trinajstić information content (AvgIpc) is 3.23. The molecule has 0 saturated carbocycles. The molecule has 1 aliphatic heterocycles. The van der Waals surface area contributed by atoms with Crippen molar-refractivity contribution < 1.29 is 4.74 Å². The first-order chi connectivity index (χ1) is 10.4. The van der Waals surface area contributed by atoms with Gasteiger partial charge < -0.3 is 4.74 Å². The molecule has 1 aliphatic carbocycles. The number of rotatable bonds is 2. The number of aryl methyl sites for hydroxylation is 2. The number of hydrogen-bond acceptors (Lipinski definition) is 6. The Morgan fingerprint density at radius 2 is 2.19 bits per heavy atom. The van der Waals surface area contributed by atoms with E-state index in [1.165, 1.54) is 23.4 Å². The maximum atomic E-state index is 9.26. The van der Waals surface area contributed by atoms with Crippen molar-refractivity contribution in [2.45, 2.75) is 44.6 Å². The van der Waals surface area contributed by atoms with Gasteiger partial charge in [0.15, 0.2) is 5.69 Å². The van der Waals surface area contributed by atoms with Gasteiger partial charge in [-0.1, -0.05) is 16.6 Å². The molecule has 7 heteroatoms. The molecular weight excluding hydrogens is 286 g/mol. The molecule has 1 fully saturated rings. The molecule has 0 amide bonds. The number of thiazole rings is 1. The summed E-state index contributed by atoms with van der Waals surface area (Å²) in [5, 5.41) is 18.2. The van der Waals surface area contributed by atoms with E-state index in [0.717, 1.165) is 43.1 Å². The quantitative estimate of drug-likeness (QED) is 0.850. The molecule has 2 aliphatic rings. The van der Waals surface area contributed by atoms with Gasteiger partial charge in [-0.25, -0.2) is 4.98 Å². The lowest BCUT2D eigenvalue weighted by Crippen LogP contribution is -2.08. The first-order valence-electron chi connectivity index (χ1n) is 7.33. The minimum absolute atomic E-state index is 0.0874. The molecule has 2 aromatic heterocycles. The second kappa shape index (κ2) is 5.20. The monoisotopic (exact) mass is 301 g/mol. The zero-order valence-electron chi connectivity index (χ0n) is 11.6. The predicted molar refractivity (Wildman–Crippen MR) is 76.3 cm³/mol. The van der Waals surface area contributed by atoms with Crippen molar-refractivity contribution in [3.05, 3.63) is 22.0 Å². The van der Waals surface area contributed by atoms with Crippen LogP contribution in [0.4, 0.5) is 0 Å². The van der Waals surface area contributed by atoms with Crippen LogP contribution in [0, 0.1) is 11.3 Å². The summed E-state index contributed by atoms with van der Waals surface area (Å²) in [7, 11) is 0. The van der Waals surface area contributed by atoms with Gasteiger partial charge in [-0.2, -0.15) is 9.94 Å². The molecule has 0 spiro atoms. The zero-order chi connectivity index (χ0) is 14.2. The highest BCUT2D eigenvalue weighted by molar-refractivity contribution is 7.14. The van der Waals surface area contributed by atoms with Crippen LogP contribution in [-0.4, -0.2) is 26.6 Å². The van der Waals surface area contributed by atoms with Crippen molar-refractivity contribution >= 4 is 11.3 Å². The van der Waals surface area contributed by atoms with Gasteiger partial charge in [-0.3, -0.25) is 0 Å². The average molecular weight is 301 g/mol. The molecule has 0 aromatic carbocycles. The molecule has 0 bridgehead atoms. The minimum atomic E-state index is -0.0874. The molecule has 0 N–H and O–H groups in total. The fourth-order valence-electron chi connectivity index (χ4n) is 3.02. The van der Waals surface area contributed by atoms with E-state index in [1.807, 2.05) is 0 Å². The Morgan fingerprint density at radius 3 is 2.95 bits per heavy atom. The van der Waals surface area contributed by atoms with Crippen LogP contribution in [0.15, 0.2) is 0 Å². The van der Waals surface area contributed by atoms with E-state index in [0.29, 0.717) is 5.69 Å². The third-order valence-corrected chi connectivity index (χ3v) is 5.19. The van der Waals surface area contributed by atoms with Gasteiger partial charge in [0.25, 0.3) is 0 Å². The molecule has 108 valence electrons. The number of nitriles is 1. The van der Waals surface area contributed by atoms with Crippen molar-refractivity contribution in [3.63, 3.8) is 0 Å². The molecule has 4 rings (SSSR count). The Bertz CT molecular complexity index is 684. The van der Waals surface area contributed by atoms with E-state index in [9.17, 15) is 5.26 Å². The van der Waals surface area contributed by atoms with Gasteiger partial charge in [0.05, 0.1) is 5.69 Å². The second-order valence-electron chi connectivity index (χ2n) is 5.42. The van der Waals surface area contributed by atoms with Gasteiger partial charge in [0.1, 0.15) is 17.9 Å². The van der Waals surface area contributed by atoms with Crippen LogP contribution in [0.5, 0.6) is 0 Å². The summed E-state index contributed by atoms with van der Waals surface area (Å²) in [4.78, 5) is 6.07. The van der Waals surface area contributed by atoms with E-state index in [1.54, 1.807) is 16.0 Å². The number of ether oxygens (including phenoxy) is 1. The first kappa shape index (κ1) is 12.9. The predicted octanol–water partition coefficient (Wildman–Crippen LogP) is 2.33. The Labute approximate surface area is 126 Å². The molecule has 21 heavy (non-hydrogen) atoms. The maximum Gasteiger partial charge on any atom is 0.212 e. The van der Waals surface area contributed by atoms with Crippen molar-refractivity contribution in [2.75, 3.05) is 6.61 Å². The van der Waals surface area contributed by atoms with Crippen molar-refractivity contribution in [2.24, 2.45) is 0 Å². The van der Waals surface area contributed by atoms with Crippen LogP contribution < -0.4 is 0 Å². The number of fused-ring (bicyclic) bond motifs is 1. The Hall–Kier alpha value is -1.78. The lowest BCUT2D eigenvalue weighted by molar-refractivity contribution is 0.106. The molecule has 1 atom stereocenters. The summed E-state index contributed by atoms with van der Waals surface area (Å²) in [6.45, 7) is 0.731. The van der Waals surface area contributed by atoms with Gasteiger partial charge in [0, 0.05) is 11.5 Å². The summed E-state index contributed by atoms with van der Waals surface area (Å²) in [6, 6.07) is 2.13. The Kier molecular flexibility index (Phi) is 3.20. The van der Waals surface area contributed by atoms with Crippen LogP contribution in [0.3, 0.4) is 0 Å². The SMILES string of the molecule is N#Cc1nnn(-c2nc3c(s2)CCCC3)c1C1CCCO1. The standard InChI is InChI=1S/C14H15N5OS/c15-8-10-13(11-5-3-7-20-11)19(18-17-10)14-16-9-4-1-2-6-12(9)21-14/h11H,1-7H2. The fraction of sp³-hybridized carbons (Fsp3) is 0.571. The van der Waals surface area contributed by atoms with Gasteiger partial charge in [0.2, 0.25) is 5.13 Å². The summed E-state index contributed by atoms with van der Waals surface area (Å²) in [6.07, 6.45) is 6.41. The lowest BCUT2D eigenvalue weighted by atomic mass is 10.0. The van der Waals surface area contributed by atoms with Crippen molar-refractivity contribution in [1.82, 2.24) is 20.0 Å². The minimum Gasteiger partial charge on any atom is -0.372 e. The molecule has 0 radical (unpaired) electrons. The Morgan fingerprint density at radius 1 is 1.29 bits per heavy atom. The molecule has 2 aromatic rings. The van der Waals surface area contributed by atoms with E-state index >= 15 is 0 Å². The van der Waals surface area contributed by atoms with Gasteiger partial charge in [-0.05, 0) is 38.5 Å². The third-order valence-electron chi connectivity index (χ3n) is 4.06. The van der Waals surface area contributed by atoms with Crippen LogP contribution in [0.1, 0.15) is 53.7 Å². The lowest BCUT2D eigenvalue weighted by Gasteiger charge is -2.09. The molecule has 3 heterocycles. The van der Waals surface area contributed by atoms with Gasteiger partial charge in [-0.15, -0.1) is 5.10 Å². The van der Waals surface area contributed by atoms with Crippen LogP contribution in [0.2, 0.25) is 0 Å². The van der Waals surface area contributed by atoms with E-state index in [-0.39, 0.29) is 6.10 Å². The molecule has 1 saturated heterocycles. The van der Waals surface area contributed by atoms with Gasteiger partial charge >= 0.3 is 0 Å². The fourth-order valence-corrected chi connectivity index (χ4v) is 4.13. The first-order valence-corrected chi connectivity index (χ1v) is 8.14. The highest BCUT2D eigenvalue weighted by Gasteiger charge is 2.29. The number of hydrogen-bond donors (Lipinski definition) is 0. The van der Waals surface area contributed by atoms with E-state index in [4.69, 9.17) is 9.72 Å². The largest absolute Gasteiger partial charge is 0.372 e. The zero-order valence-corrected chi connectivity index (χ0v) is 12.4. The van der Waals surface area contributed by atoms with E-state index < -0.39 is 0 Å². The molecule has 6 nitrogen and oxygen atoms in total. The highest BCUT2D eigenvalue weighted by Crippen LogP contribution is 2.34. The molecular formula is C14H15N5OS. The second-order valence-corrected chi connectivity index (χ2v) is 6.48. The summed E-state index contributed by atoms with van der Waals surface area (Å²) in [5.74, 6) is 0. The maximum absolute atomic E-state index is 9.26. The highest BCUT2D eigenvalue weighted by atomic mass is 32.1. The van der Waals surface area contributed by atoms with Crippen LogP contribution >= 0.6 is 11.3 Å². The normalized spacial score (nSPS) is 21.2. The van der Waals surface area contributed by atoms with Crippen LogP contribution in [0.25, 0.3) is 5.13 Å². The van der Waals surface area contributed by atoms with Crippen molar-refractivity contribution in [1.29, 1.82) is 5.26 Å². The summed E-state index contributed by atoms with van der Waals surface area (Å²) in [5.41, 5.74) is 2.31.